The minimum absolute atomic E-state index is 0.0333. The Bertz CT molecular complexity index is 675. The summed E-state index contributed by atoms with van der Waals surface area (Å²) in [4.78, 5) is 21.1. The first kappa shape index (κ1) is 15.5. The molecule has 2 aromatic rings. The molecule has 1 aromatic carbocycles. The average Bonchev–Trinajstić information content (AvgIpc) is 2.55. The summed E-state index contributed by atoms with van der Waals surface area (Å²) in [6.07, 6.45) is 1.62. The first-order valence-corrected chi connectivity index (χ1v) is 7.82. The smallest absolute Gasteiger partial charge is 0.254 e. The van der Waals surface area contributed by atoms with E-state index in [1.54, 1.807) is 18.3 Å². The van der Waals surface area contributed by atoms with Gasteiger partial charge in [-0.15, -0.1) is 0 Å². The molecule has 1 aromatic heterocycles. The molecule has 0 bridgehead atoms. The number of amides is 1. The normalized spacial score (nSPS) is 18.7. The molecule has 120 valence electrons. The van der Waals surface area contributed by atoms with Gasteiger partial charge in [0.2, 0.25) is 5.88 Å². The standard InChI is InChI=1S/C18H21N3O2/c1-14-13-20(2)10-11-21(14)18(22)15-8-9-19-17(12-15)23-16-6-4-3-5-7-16/h3-9,12,14H,10-11,13H2,1-2H3/t14-/m1/s1. The van der Waals surface area contributed by atoms with Crippen LogP contribution >= 0.6 is 0 Å². The summed E-state index contributed by atoms with van der Waals surface area (Å²) < 4.78 is 5.71. The summed E-state index contributed by atoms with van der Waals surface area (Å²) >= 11 is 0. The summed E-state index contributed by atoms with van der Waals surface area (Å²) in [5, 5.41) is 0. The van der Waals surface area contributed by atoms with Crippen LogP contribution in [0.15, 0.2) is 48.7 Å². The number of hydrogen-bond donors (Lipinski definition) is 0. The molecule has 5 heteroatoms. The highest BCUT2D eigenvalue weighted by atomic mass is 16.5. The van der Waals surface area contributed by atoms with Crippen LogP contribution in [0.4, 0.5) is 0 Å². The van der Waals surface area contributed by atoms with Crippen molar-refractivity contribution in [3.63, 3.8) is 0 Å². The average molecular weight is 311 g/mol. The number of hydrogen-bond acceptors (Lipinski definition) is 4. The molecule has 0 spiro atoms. The van der Waals surface area contributed by atoms with Crippen LogP contribution in [0.3, 0.4) is 0 Å². The number of carbonyl (C=O) groups is 1. The van der Waals surface area contributed by atoms with Gasteiger partial charge in [0.15, 0.2) is 0 Å². The van der Waals surface area contributed by atoms with Gasteiger partial charge >= 0.3 is 0 Å². The molecule has 1 aliphatic heterocycles. The van der Waals surface area contributed by atoms with Crippen molar-refractivity contribution < 1.29 is 9.53 Å². The van der Waals surface area contributed by atoms with E-state index in [4.69, 9.17) is 4.74 Å². The van der Waals surface area contributed by atoms with Crippen molar-refractivity contribution in [3.8, 4) is 11.6 Å². The van der Waals surface area contributed by atoms with Crippen molar-refractivity contribution in [3.05, 3.63) is 54.2 Å². The minimum Gasteiger partial charge on any atom is -0.439 e. The first-order valence-electron chi connectivity index (χ1n) is 7.82. The summed E-state index contributed by atoms with van der Waals surface area (Å²) in [6.45, 7) is 4.61. The molecule has 5 nitrogen and oxygen atoms in total. The van der Waals surface area contributed by atoms with Crippen LogP contribution in [0.1, 0.15) is 17.3 Å². The quantitative estimate of drug-likeness (QED) is 0.874. The predicted molar refractivity (Wildman–Crippen MR) is 88.7 cm³/mol. The monoisotopic (exact) mass is 311 g/mol. The van der Waals surface area contributed by atoms with Crippen molar-refractivity contribution >= 4 is 5.91 Å². The molecule has 23 heavy (non-hydrogen) atoms. The van der Waals surface area contributed by atoms with Crippen molar-refractivity contribution in [1.29, 1.82) is 0 Å². The molecule has 0 saturated carbocycles. The molecule has 0 N–H and O–H groups in total. The molecule has 0 radical (unpaired) electrons. The number of rotatable bonds is 3. The Labute approximate surface area is 136 Å². The van der Waals surface area contributed by atoms with Crippen LogP contribution in [-0.4, -0.2) is 53.4 Å². The second-order valence-electron chi connectivity index (χ2n) is 5.91. The lowest BCUT2D eigenvalue weighted by Gasteiger charge is -2.38. The highest BCUT2D eigenvalue weighted by Crippen LogP contribution is 2.21. The number of nitrogens with zero attached hydrogens (tertiary/aromatic N) is 3. The molecule has 1 saturated heterocycles. The summed E-state index contributed by atoms with van der Waals surface area (Å²) in [6, 6.07) is 13.1. The van der Waals surface area contributed by atoms with E-state index in [0.717, 1.165) is 19.6 Å². The fourth-order valence-corrected chi connectivity index (χ4v) is 2.81. The Kier molecular flexibility index (Phi) is 4.57. The second-order valence-corrected chi connectivity index (χ2v) is 5.91. The van der Waals surface area contributed by atoms with Crippen molar-refractivity contribution in [1.82, 2.24) is 14.8 Å². The van der Waals surface area contributed by atoms with Crippen LogP contribution in [0.5, 0.6) is 11.6 Å². The van der Waals surface area contributed by atoms with E-state index in [1.807, 2.05) is 35.2 Å². The zero-order chi connectivity index (χ0) is 16.2. The fraction of sp³-hybridized carbons (Fsp3) is 0.333. The molecule has 1 amide bonds. The van der Waals surface area contributed by atoms with Gasteiger partial charge in [-0.2, -0.15) is 0 Å². The maximum Gasteiger partial charge on any atom is 0.254 e. The number of aromatic nitrogens is 1. The maximum atomic E-state index is 12.7. The number of likely N-dealkylation sites (N-methyl/N-ethyl adjacent to an activating group) is 1. The third-order valence-corrected chi connectivity index (χ3v) is 4.04. The van der Waals surface area contributed by atoms with E-state index in [9.17, 15) is 4.79 Å². The van der Waals surface area contributed by atoms with Crippen molar-refractivity contribution in [2.45, 2.75) is 13.0 Å². The van der Waals surface area contributed by atoms with Gasteiger partial charge in [0.1, 0.15) is 5.75 Å². The Hall–Kier alpha value is -2.40. The van der Waals surface area contributed by atoms with Gasteiger partial charge in [0, 0.05) is 43.5 Å². The Morgan fingerprint density at radius 2 is 2.00 bits per heavy atom. The van der Waals surface area contributed by atoms with Crippen LogP contribution in [-0.2, 0) is 0 Å². The van der Waals surface area contributed by atoms with Gasteiger partial charge in [0.25, 0.3) is 5.91 Å². The van der Waals surface area contributed by atoms with Crippen LogP contribution in [0.2, 0.25) is 0 Å². The van der Waals surface area contributed by atoms with E-state index in [0.29, 0.717) is 17.2 Å². The number of para-hydroxylation sites is 1. The van der Waals surface area contributed by atoms with E-state index in [2.05, 4.69) is 23.9 Å². The molecule has 2 heterocycles. The van der Waals surface area contributed by atoms with Gasteiger partial charge in [-0.3, -0.25) is 4.79 Å². The molecule has 1 aliphatic rings. The zero-order valence-corrected chi connectivity index (χ0v) is 13.5. The minimum atomic E-state index is 0.0333. The Morgan fingerprint density at radius 3 is 2.74 bits per heavy atom. The van der Waals surface area contributed by atoms with E-state index in [-0.39, 0.29) is 11.9 Å². The van der Waals surface area contributed by atoms with Gasteiger partial charge < -0.3 is 14.5 Å². The molecular formula is C18H21N3O2. The Morgan fingerprint density at radius 1 is 1.22 bits per heavy atom. The van der Waals surface area contributed by atoms with Crippen molar-refractivity contribution in [2.75, 3.05) is 26.7 Å². The zero-order valence-electron chi connectivity index (χ0n) is 13.5. The summed E-state index contributed by atoms with van der Waals surface area (Å²) in [5.74, 6) is 1.17. The third kappa shape index (κ3) is 3.68. The van der Waals surface area contributed by atoms with Crippen LogP contribution < -0.4 is 4.74 Å². The largest absolute Gasteiger partial charge is 0.439 e. The first-order chi connectivity index (χ1) is 11.1. The van der Waals surface area contributed by atoms with Gasteiger partial charge in [-0.05, 0) is 32.2 Å². The molecule has 0 unspecified atom stereocenters. The van der Waals surface area contributed by atoms with E-state index < -0.39 is 0 Å². The van der Waals surface area contributed by atoms with Gasteiger partial charge in [-0.25, -0.2) is 4.98 Å². The summed E-state index contributed by atoms with van der Waals surface area (Å²) in [7, 11) is 2.08. The van der Waals surface area contributed by atoms with Crippen LogP contribution in [0.25, 0.3) is 0 Å². The molecular weight excluding hydrogens is 290 g/mol. The van der Waals surface area contributed by atoms with E-state index in [1.165, 1.54) is 0 Å². The number of carbonyl (C=O) groups excluding carboxylic acids is 1. The lowest BCUT2D eigenvalue weighted by Crippen LogP contribution is -2.52. The number of benzene rings is 1. The van der Waals surface area contributed by atoms with Gasteiger partial charge in [-0.1, -0.05) is 18.2 Å². The SMILES string of the molecule is C[C@@H]1CN(C)CCN1C(=O)c1ccnc(Oc2ccccc2)c1. The van der Waals surface area contributed by atoms with Crippen molar-refractivity contribution in [2.24, 2.45) is 0 Å². The number of pyridine rings is 1. The molecule has 3 rings (SSSR count). The van der Waals surface area contributed by atoms with E-state index >= 15 is 0 Å². The molecule has 1 fully saturated rings. The lowest BCUT2D eigenvalue weighted by atomic mass is 10.1. The van der Waals surface area contributed by atoms with Gasteiger partial charge in [0.05, 0.1) is 0 Å². The number of ether oxygens (including phenoxy) is 1. The predicted octanol–water partition coefficient (Wildman–Crippen LogP) is 2.65. The third-order valence-electron chi connectivity index (χ3n) is 4.04. The fourth-order valence-electron chi connectivity index (χ4n) is 2.81. The molecule has 0 aliphatic carbocycles. The maximum absolute atomic E-state index is 12.7. The summed E-state index contributed by atoms with van der Waals surface area (Å²) in [5.41, 5.74) is 0.613. The highest BCUT2D eigenvalue weighted by Gasteiger charge is 2.26. The topological polar surface area (TPSA) is 45.7 Å². The number of piperazine rings is 1. The van der Waals surface area contributed by atoms with Crippen LogP contribution in [0, 0.1) is 0 Å². The Balaban J connectivity index is 1.75. The highest BCUT2D eigenvalue weighted by molar-refractivity contribution is 5.94. The lowest BCUT2D eigenvalue weighted by molar-refractivity contribution is 0.0533. The second kappa shape index (κ2) is 6.79. The molecule has 1 atom stereocenters.